The fourth-order valence-electron chi connectivity index (χ4n) is 8.74. The number of amides is 2. The number of nitrogens with one attached hydrogen (secondary N) is 3. The molecule has 4 aliphatic rings. The number of carbonyl (C=O) groups is 2. The van der Waals surface area contributed by atoms with E-state index in [0.29, 0.717) is 77.9 Å². The molecule has 2 amide bonds. The lowest BCUT2D eigenvalue weighted by atomic mass is 10.00. The zero-order chi connectivity index (χ0) is 42.0. The number of hydrogen-bond donors (Lipinski definition) is 3. The first-order valence-electron chi connectivity index (χ1n) is 20.2. The van der Waals surface area contributed by atoms with Crippen molar-refractivity contribution in [3.8, 4) is 5.75 Å². The van der Waals surface area contributed by atoms with Gasteiger partial charge >= 0.3 is 7.60 Å². The summed E-state index contributed by atoms with van der Waals surface area (Å²) in [5.74, 6) is 0.524. The Kier molecular flexibility index (Phi) is 12.7. The maximum atomic E-state index is 15.8. The van der Waals surface area contributed by atoms with Gasteiger partial charge in [-0.25, -0.2) is 9.37 Å². The first kappa shape index (κ1) is 42.0. The van der Waals surface area contributed by atoms with Crippen molar-refractivity contribution in [3.63, 3.8) is 0 Å². The summed E-state index contributed by atoms with van der Waals surface area (Å²) in [6.07, 6.45) is 4.32. The van der Waals surface area contributed by atoms with Crippen LogP contribution in [0.25, 0.3) is 0 Å². The van der Waals surface area contributed by atoms with E-state index in [-0.39, 0.29) is 28.6 Å². The van der Waals surface area contributed by atoms with Crippen molar-refractivity contribution in [2.45, 2.75) is 57.4 Å². The van der Waals surface area contributed by atoms with Gasteiger partial charge in [-0.1, -0.05) is 35.9 Å². The zero-order valence-electron chi connectivity index (χ0n) is 34.0. The van der Waals surface area contributed by atoms with Gasteiger partial charge in [-0.2, -0.15) is 4.98 Å². The number of halogens is 2. The Labute approximate surface area is 354 Å². The molecular weight excluding hydrogens is 812 g/mol. The van der Waals surface area contributed by atoms with E-state index < -0.39 is 13.6 Å². The Morgan fingerprint density at radius 3 is 2.40 bits per heavy atom. The number of rotatable bonds is 13. The van der Waals surface area contributed by atoms with E-state index in [1.54, 1.807) is 31.4 Å². The van der Waals surface area contributed by atoms with Crippen LogP contribution in [0.1, 0.15) is 42.4 Å². The summed E-state index contributed by atoms with van der Waals surface area (Å²) in [5, 5.41) is 9.43. The molecule has 4 aliphatic heterocycles. The zero-order valence-corrected chi connectivity index (χ0v) is 35.6. The quantitative estimate of drug-likeness (QED) is 0.110. The molecule has 15 nitrogen and oxygen atoms in total. The molecule has 0 aliphatic carbocycles. The van der Waals surface area contributed by atoms with Crippen LogP contribution in [0.5, 0.6) is 5.75 Å². The van der Waals surface area contributed by atoms with Gasteiger partial charge in [0, 0.05) is 95.4 Å². The highest BCUT2D eigenvalue weighted by Crippen LogP contribution is 2.47. The van der Waals surface area contributed by atoms with Gasteiger partial charge in [0.1, 0.15) is 16.6 Å². The summed E-state index contributed by atoms with van der Waals surface area (Å²) in [7, 11) is 0.722. The summed E-state index contributed by atoms with van der Waals surface area (Å²) in [5.41, 5.74) is 4.50. The van der Waals surface area contributed by atoms with E-state index in [9.17, 15) is 14.2 Å². The van der Waals surface area contributed by atoms with Gasteiger partial charge < -0.3 is 29.3 Å². The molecule has 1 unspecified atom stereocenters. The molecule has 3 aromatic carbocycles. The van der Waals surface area contributed by atoms with Gasteiger partial charge in [-0.05, 0) is 62.2 Å². The molecule has 1 aromatic heterocycles. The molecular formula is C42H50ClFN9O6P. The van der Waals surface area contributed by atoms with Crippen molar-refractivity contribution in [1.82, 2.24) is 30.0 Å². The molecule has 60 heavy (non-hydrogen) atoms. The van der Waals surface area contributed by atoms with Crippen molar-refractivity contribution in [2.24, 2.45) is 0 Å². The van der Waals surface area contributed by atoms with Crippen molar-refractivity contribution < 1.29 is 32.3 Å². The molecule has 3 saturated heterocycles. The van der Waals surface area contributed by atoms with Crippen molar-refractivity contribution in [2.75, 3.05) is 76.1 Å². The first-order valence-corrected chi connectivity index (χ1v) is 22.1. The Balaban J connectivity index is 0.833. The van der Waals surface area contributed by atoms with Crippen molar-refractivity contribution >= 4 is 65.1 Å². The number of methoxy groups -OCH3 is 1. The lowest BCUT2D eigenvalue weighted by molar-refractivity contribution is -0.137. The first-order chi connectivity index (χ1) is 29.0. The molecule has 3 N–H and O–H groups in total. The minimum absolute atomic E-state index is 0.163. The fourth-order valence-corrected chi connectivity index (χ4v) is 10.1. The summed E-state index contributed by atoms with van der Waals surface area (Å²) in [6, 6.07) is 16.9. The van der Waals surface area contributed by atoms with Gasteiger partial charge in [0.2, 0.25) is 17.8 Å². The van der Waals surface area contributed by atoms with Gasteiger partial charge in [0.05, 0.1) is 36.0 Å². The van der Waals surface area contributed by atoms with E-state index in [1.807, 2.05) is 29.2 Å². The minimum Gasteiger partial charge on any atom is -0.494 e. The van der Waals surface area contributed by atoms with E-state index >= 15 is 4.39 Å². The molecule has 0 spiro atoms. The topological polar surface area (TPSA) is 154 Å². The predicted molar refractivity (Wildman–Crippen MR) is 228 cm³/mol. The molecule has 4 aromatic rings. The third-order valence-electron chi connectivity index (χ3n) is 12.1. The van der Waals surface area contributed by atoms with Crippen LogP contribution >= 0.6 is 19.2 Å². The molecule has 3 fully saturated rings. The second-order valence-corrected chi connectivity index (χ2v) is 18.1. The maximum absolute atomic E-state index is 15.8. The summed E-state index contributed by atoms with van der Waals surface area (Å²) in [4.78, 5) is 42.3. The lowest BCUT2D eigenvalue weighted by Crippen LogP contribution is -2.53. The number of hydrogen-bond acceptors (Lipinski definition) is 14. The van der Waals surface area contributed by atoms with Gasteiger partial charge in [0.25, 0.3) is 0 Å². The Bertz CT molecular complexity index is 2280. The minimum atomic E-state index is -3.57. The largest absolute Gasteiger partial charge is 0.494 e. The third-order valence-corrected chi connectivity index (χ3v) is 14.3. The molecule has 8 rings (SSSR count). The van der Waals surface area contributed by atoms with E-state index in [4.69, 9.17) is 25.4 Å². The summed E-state index contributed by atoms with van der Waals surface area (Å²) < 4.78 is 45.3. The number of piperazine rings is 1. The molecule has 0 saturated carbocycles. The van der Waals surface area contributed by atoms with E-state index in [2.05, 4.69) is 46.7 Å². The standard InChI is InChI=1S/C42H50ClFN9O6P/c1-57-36-22-30(10-11-33(36)47-42-45-23-32(43)40(49-42)46-34-6-4-5-7-37(34)60(56,58-2)59-3)52-20-18-51(19-21-52)29-14-16-50(17-15-29)24-28-9-8-27-25-53(26-31(27)39(28)44)35-12-13-38(54)48-41(35)55/h4-11,22-23,29,35H,12-21,24-26H2,1-3H3,(H,48,54,55)(H2,45,46,47,49). The maximum Gasteiger partial charge on any atom is 0.362 e. The van der Waals surface area contributed by atoms with Crippen LogP contribution < -0.4 is 30.9 Å². The SMILES string of the molecule is COc1cc(N2CCN(C3CCN(Cc4ccc5c(c4F)CN(C4CCC(=O)NC4=O)C5)CC3)CC2)ccc1Nc1ncc(Cl)c(Nc2ccccc2P(=O)(OC)OC)n1. The second kappa shape index (κ2) is 18.1. The van der Waals surface area contributed by atoms with Crippen LogP contribution in [-0.2, 0) is 42.8 Å². The number of carbonyl (C=O) groups excluding carboxylic acids is 2. The number of aromatic nitrogens is 2. The average Bonchev–Trinajstić information content (AvgIpc) is 3.71. The Morgan fingerprint density at radius 2 is 1.67 bits per heavy atom. The van der Waals surface area contributed by atoms with Crippen LogP contribution in [-0.4, -0.2) is 109 Å². The molecule has 0 bridgehead atoms. The monoisotopic (exact) mass is 861 g/mol. The summed E-state index contributed by atoms with van der Waals surface area (Å²) in [6.45, 7) is 6.91. The summed E-state index contributed by atoms with van der Waals surface area (Å²) >= 11 is 6.48. The molecule has 1 atom stereocenters. The number of piperidine rings is 2. The number of anilines is 5. The van der Waals surface area contributed by atoms with Crippen molar-refractivity contribution in [3.05, 3.63) is 88.3 Å². The number of benzene rings is 3. The molecule has 0 radical (unpaired) electrons. The van der Waals surface area contributed by atoms with Gasteiger partial charge in [-0.15, -0.1) is 0 Å². The Hall–Kier alpha value is -4.67. The van der Waals surface area contributed by atoms with Crippen LogP contribution in [0, 0.1) is 5.82 Å². The normalized spacial score (nSPS) is 19.6. The smallest absolute Gasteiger partial charge is 0.362 e. The highest BCUT2D eigenvalue weighted by atomic mass is 35.5. The fraction of sp³-hybridized carbons (Fsp3) is 0.429. The molecule has 18 heteroatoms. The average molecular weight is 862 g/mol. The van der Waals surface area contributed by atoms with Gasteiger partial charge in [-0.3, -0.25) is 34.2 Å². The van der Waals surface area contributed by atoms with Crippen LogP contribution in [0.15, 0.2) is 60.8 Å². The molecule has 318 valence electrons. The number of ether oxygens (including phenoxy) is 1. The van der Waals surface area contributed by atoms with Gasteiger partial charge in [0.15, 0.2) is 5.82 Å². The van der Waals surface area contributed by atoms with Crippen LogP contribution in [0.2, 0.25) is 5.02 Å². The van der Waals surface area contributed by atoms with Crippen LogP contribution in [0.3, 0.4) is 0 Å². The lowest BCUT2D eigenvalue weighted by Gasteiger charge is -2.43. The Morgan fingerprint density at radius 1 is 0.900 bits per heavy atom. The molecule has 5 heterocycles. The van der Waals surface area contributed by atoms with E-state index in [0.717, 1.165) is 63.4 Å². The van der Waals surface area contributed by atoms with E-state index in [1.165, 1.54) is 20.4 Å². The number of imide groups is 1. The number of nitrogens with zero attached hydrogens (tertiary/aromatic N) is 6. The predicted octanol–water partition coefficient (Wildman–Crippen LogP) is 5.78. The number of fused-ring (bicyclic) bond motifs is 1. The highest BCUT2D eigenvalue weighted by Gasteiger charge is 2.36. The highest BCUT2D eigenvalue weighted by molar-refractivity contribution is 7.62. The number of para-hydroxylation sites is 1. The number of likely N-dealkylation sites (tertiary alicyclic amines) is 1. The van der Waals surface area contributed by atoms with Crippen molar-refractivity contribution in [1.29, 1.82) is 0 Å². The third kappa shape index (κ3) is 8.87. The second-order valence-electron chi connectivity index (χ2n) is 15.5. The van der Waals surface area contributed by atoms with Crippen LogP contribution in [0.4, 0.5) is 33.2 Å².